The maximum absolute atomic E-state index is 12.6. The molecule has 0 saturated carbocycles. The van der Waals surface area contributed by atoms with Crippen molar-refractivity contribution in [2.24, 2.45) is 0 Å². The first-order valence-corrected chi connectivity index (χ1v) is 13.8. The van der Waals surface area contributed by atoms with Gasteiger partial charge in [-0.2, -0.15) is 9.61 Å². The molecule has 0 fully saturated rings. The van der Waals surface area contributed by atoms with Crippen LogP contribution in [0.1, 0.15) is 28.4 Å². The summed E-state index contributed by atoms with van der Waals surface area (Å²) in [5.74, 6) is 0.751. The highest BCUT2D eigenvalue weighted by Crippen LogP contribution is 2.29. The molecule has 3 N–H and O–H groups in total. The Kier molecular flexibility index (Phi) is 7.18. The molecule has 0 aliphatic carbocycles. The molecule has 39 heavy (non-hydrogen) atoms. The average Bonchev–Trinajstić information content (AvgIpc) is 3.32. The summed E-state index contributed by atoms with van der Waals surface area (Å²) in [6.45, 7) is 2.06. The molecule has 2 aromatic heterocycles. The van der Waals surface area contributed by atoms with Crippen LogP contribution in [0.15, 0.2) is 90.0 Å². The number of rotatable bonds is 9. The van der Waals surface area contributed by atoms with Crippen molar-refractivity contribution in [1.29, 1.82) is 0 Å². The Balaban J connectivity index is 1.27. The predicted octanol–water partition coefficient (Wildman–Crippen LogP) is 2.65. The fraction of sp³-hybridized carbons (Fsp3) is 0.107. The Morgan fingerprint density at radius 2 is 1.64 bits per heavy atom. The van der Waals surface area contributed by atoms with Crippen molar-refractivity contribution in [1.82, 2.24) is 19.3 Å². The van der Waals surface area contributed by atoms with Gasteiger partial charge in [0.2, 0.25) is 10.0 Å². The molecule has 0 saturated heterocycles. The SMILES string of the molecule is Bc1cnn2c(NCc3ccc(CNS(=O)(=O)c4ccc(C(C)=O)cc4)cc3)cc(-c3ccccc3O)nc12. The third kappa shape index (κ3) is 5.69. The molecule has 0 aliphatic heterocycles. The zero-order chi connectivity index (χ0) is 27.6. The molecule has 0 amide bonds. The summed E-state index contributed by atoms with van der Waals surface area (Å²) in [5.41, 5.74) is 5.12. The number of benzene rings is 3. The normalized spacial score (nSPS) is 11.5. The van der Waals surface area contributed by atoms with E-state index in [1.54, 1.807) is 22.8 Å². The van der Waals surface area contributed by atoms with Crippen LogP contribution in [-0.4, -0.2) is 41.8 Å². The molecule has 0 atom stereocenters. The molecular weight excluding hydrogens is 513 g/mol. The molecule has 0 aliphatic rings. The number of aromatic nitrogens is 3. The minimum atomic E-state index is -3.71. The highest BCUT2D eigenvalue weighted by atomic mass is 32.2. The van der Waals surface area contributed by atoms with Crippen molar-refractivity contribution in [3.63, 3.8) is 0 Å². The lowest BCUT2D eigenvalue weighted by Crippen LogP contribution is -2.23. The number of para-hydroxylation sites is 1. The van der Waals surface area contributed by atoms with Crippen molar-refractivity contribution in [2.45, 2.75) is 24.9 Å². The third-order valence-electron chi connectivity index (χ3n) is 6.36. The van der Waals surface area contributed by atoms with Gasteiger partial charge in [-0.05, 0) is 47.8 Å². The molecule has 3 aromatic carbocycles. The first kappa shape index (κ1) is 26.1. The summed E-state index contributed by atoms with van der Waals surface area (Å²) < 4.78 is 29.6. The lowest BCUT2D eigenvalue weighted by atomic mass is 10.0. The fourth-order valence-corrected chi connectivity index (χ4v) is 5.14. The van der Waals surface area contributed by atoms with E-state index in [0.717, 1.165) is 22.4 Å². The van der Waals surface area contributed by atoms with Crippen molar-refractivity contribution >= 4 is 40.6 Å². The van der Waals surface area contributed by atoms with E-state index in [-0.39, 0.29) is 23.0 Å². The zero-order valence-electron chi connectivity index (χ0n) is 21.4. The lowest BCUT2D eigenvalue weighted by molar-refractivity contribution is 0.101. The Bertz CT molecular complexity index is 1770. The number of sulfonamides is 1. The molecule has 9 nitrogen and oxygen atoms in total. The van der Waals surface area contributed by atoms with E-state index < -0.39 is 10.0 Å². The van der Waals surface area contributed by atoms with Crippen molar-refractivity contribution in [3.05, 3.63) is 102 Å². The first-order valence-electron chi connectivity index (χ1n) is 12.3. The van der Waals surface area contributed by atoms with E-state index in [0.29, 0.717) is 29.0 Å². The fourth-order valence-electron chi connectivity index (χ4n) is 4.12. The number of phenolic OH excluding ortho intramolecular Hbond substituents is 1. The first-order chi connectivity index (χ1) is 18.7. The van der Waals surface area contributed by atoms with Crippen LogP contribution >= 0.6 is 0 Å². The molecule has 11 heteroatoms. The summed E-state index contributed by atoms with van der Waals surface area (Å²) >= 11 is 0. The standard InChI is InChI=1S/C28H26BN5O4S/c1-18(35)21-10-12-22(13-11-21)39(37,38)32-16-20-8-6-19(7-9-20)15-30-27-14-25(23-4-2-3-5-26(23)36)33-28-24(29)17-31-34(27)28/h2-14,17,30,32,36H,15-16,29H2,1H3. The van der Waals surface area contributed by atoms with Crippen molar-refractivity contribution in [3.8, 4) is 17.0 Å². The number of Topliss-reactive ketones (excluding diaryl/α,β-unsaturated/α-hetero) is 1. The maximum Gasteiger partial charge on any atom is 0.240 e. The molecule has 5 rings (SSSR count). The number of hydrogen-bond acceptors (Lipinski definition) is 7. The van der Waals surface area contributed by atoms with Crippen LogP contribution < -0.4 is 15.5 Å². The Morgan fingerprint density at radius 1 is 0.974 bits per heavy atom. The van der Waals surface area contributed by atoms with Gasteiger partial charge in [0.1, 0.15) is 19.4 Å². The number of fused-ring (bicyclic) bond motifs is 1. The monoisotopic (exact) mass is 539 g/mol. The molecule has 2 heterocycles. The summed E-state index contributed by atoms with van der Waals surface area (Å²) in [4.78, 5) is 16.2. The smallest absolute Gasteiger partial charge is 0.240 e. The van der Waals surface area contributed by atoms with Crippen LogP contribution in [0, 0.1) is 0 Å². The number of ketones is 1. The van der Waals surface area contributed by atoms with Gasteiger partial charge in [0.15, 0.2) is 11.4 Å². The average molecular weight is 539 g/mol. The predicted molar refractivity (Wildman–Crippen MR) is 153 cm³/mol. The van der Waals surface area contributed by atoms with E-state index in [4.69, 9.17) is 4.98 Å². The van der Waals surface area contributed by atoms with Gasteiger partial charge in [0, 0.05) is 36.5 Å². The van der Waals surface area contributed by atoms with Crippen LogP contribution in [0.2, 0.25) is 0 Å². The molecule has 0 spiro atoms. The number of carbonyl (C=O) groups is 1. The largest absolute Gasteiger partial charge is 0.507 e. The molecule has 196 valence electrons. The van der Waals surface area contributed by atoms with E-state index in [9.17, 15) is 18.3 Å². The number of nitrogens with one attached hydrogen (secondary N) is 2. The van der Waals surface area contributed by atoms with Gasteiger partial charge in [0.25, 0.3) is 0 Å². The van der Waals surface area contributed by atoms with Gasteiger partial charge in [-0.25, -0.2) is 18.1 Å². The summed E-state index contributed by atoms with van der Waals surface area (Å²) in [7, 11) is -1.78. The van der Waals surface area contributed by atoms with E-state index in [1.165, 1.54) is 31.2 Å². The molecule has 5 aromatic rings. The van der Waals surface area contributed by atoms with Gasteiger partial charge >= 0.3 is 0 Å². The number of nitrogens with zero attached hydrogens (tertiary/aromatic N) is 3. The maximum atomic E-state index is 12.6. The molecule has 0 unspecified atom stereocenters. The third-order valence-corrected chi connectivity index (χ3v) is 7.78. The van der Waals surface area contributed by atoms with Gasteiger partial charge in [0.05, 0.1) is 10.6 Å². The summed E-state index contributed by atoms with van der Waals surface area (Å²) in [5, 5.41) is 18.2. The van der Waals surface area contributed by atoms with Crippen LogP contribution in [0.25, 0.3) is 16.9 Å². The highest BCUT2D eigenvalue weighted by molar-refractivity contribution is 7.89. The topological polar surface area (TPSA) is 126 Å². The molecule has 0 radical (unpaired) electrons. The number of carbonyl (C=O) groups excluding carboxylic acids is 1. The van der Waals surface area contributed by atoms with E-state index >= 15 is 0 Å². The second-order valence-corrected chi connectivity index (χ2v) is 10.9. The van der Waals surface area contributed by atoms with Crippen LogP contribution in [0.5, 0.6) is 5.75 Å². The Labute approximate surface area is 227 Å². The minimum Gasteiger partial charge on any atom is -0.507 e. The number of hydrogen-bond donors (Lipinski definition) is 3. The zero-order valence-corrected chi connectivity index (χ0v) is 22.2. The second kappa shape index (κ2) is 10.7. The van der Waals surface area contributed by atoms with E-state index in [1.807, 2.05) is 50.3 Å². The second-order valence-electron chi connectivity index (χ2n) is 9.18. The van der Waals surface area contributed by atoms with Crippen molar-refractivity contribution in [2.75, 3.05) is 5.32 Å². The Hall–Kier alpha value is -4.48. The Morgan fingerprint density at radius 3 is 2.31 bits per heavy atom. The number of aromatic hydroxyl groups is 1. The summed E-state index contributed by atoms with van der Waals surface area (Å²) in [6.07, 6.45) is 1.75. The van der Waals surface area contributed by atoms with Gasteiger partial charge < -0.3 is 10.4 Å². The minimum absolute atomic E-state index is 0.106. The van der Waals surface area contributed by atoms with Gasteiger partial charge in [-0.3, -0.25) is 4.79 Å². The molecular formula is C28H26BN5O4S. The number of phenols is 1. The van der Waals surface area contributed by atoms with Crippen molar-refractivity contribution < 1.29 is 18.3 Å². The highest BCUT2D eigenvalue weighted by Gasteiger charge is 2.15. The molecule has 0 bridgehead atoms. The number of anilines is 1. The van der Waals surface area contributed by atoms with Gasteiger partial charge in [-0.15, -0.1) is 0 Å². The van der Waals surface area contributed by atoms with Crippen LogP contribution in [-0.2, 0) is 23.1 Å². The van der Waals surface area contributed by atoms with Gasteiger partial charge in [-0.1, -0.05) is 48.5 Å². The van der Waals surface area contributed by atoms with Crippen LogP contribution in [0.4, 0.5) is 5.82 Å². The lowest BCUT2D eigenvalue weighted by Gasteiger charge is -2.12. The summed E-state index contributed by atoms with van der Waals surface area (Å²) in [6, 6.07) is 22.4. The quantitative estimate of drug-likeness (QED) is 0.194. The van der Waals surface area contributed by atoms with E-state index in [2.05, 4.69) is 15.1 Å². The van der Waals surface area contributed by atoms with Crippen LogP contribution in [0.3, 0.4) is 0 Å².